The first-order chi connectivity index (χ1) is 7.09. The van der Waals surface area contributed by atoms with E-state index < -0.39 is 0 Å². The van der Waals surface area contributed by atoms with E-state index in [1.807, 2.05) is 19.3 Å². The minimum Gasteiger partial charge on any atom is -0.334 e. The zero-order chi connectivity index (χ0) is 10.9. The summed E-state index contributed by atoms with van der Waals surface area (Å²) in [5, 5.41) is 3.52. The summed E-state index contributed by atoms with van der Waals surface area (Å²) >= 11 is 0. The summed E-state index contributed by atoms with van der Waals surface area (Å²) < 4.78 is 2.19. The highest BCUT2D eigenvalue weighted by molar-refractivity contribution is 4.96. The number of aromatic nitrogens is 2. The molecule has 0 saturated heterocycles. The molecule has 15 heavy (non-hydrogen) atoms. The lowest BCUT2D eigenvalue weighted by Gasteiger charge is -2.07. The van der Waals surface area contributed by atoms with Crippen LogP contribution >= 0.6 is 0 Å². The zero-order valence-electron chi connectivity index (χ0n) is 9.95. The van der Waals surface area contributed by atoms with Crippen molar-refractivity contribution in [1.82, 2.24) is 14.9 Å². The van der Waals surface area contributed by atoms with E-state index >= 15 is 0 Å². The SMILES string of the molecule is Cc1nccn1CCNCC1CC1(C)C. The fourth-order valence-corrected chi connectivity index (χ4v) is 2.04. The van der Waals surface area contributed by atoms with Crippen molar-refractivity contribution < 1.29 is 0 Å². The number of hydrogen-bond donors (Lipinski definition) is 1. The average molecular weight is 207 g/mol. The Balaban J connectivity index is 1.62. The Bertz CT molecular complexity index is 327. The van der Waals surface area contributed by atoms with Crippen LogP contribution in [0.25, 0.3) is 0 Å². The molecule has 3 nitrogen and oxygen atoms in total. The quantitative estimate of drug-likeness (QED) is 0.746. The fourth-order valence-electron chi connectivity index (χ4n) is 2.04. The van der Waals surface area contributed by atoms with Gasteiger partial charge in [0.15, 0.2) is 0 Å². The fraction of sp³-hybridized carbons (Fsp3) is 0.750. The normalized spacial score (nSPS) is 23.0. The standard InChI is InChI=1S/C12H21N3/c1-10-14-5-7-15(10)6-4-13-9-11-8-12(11,2)3/h5,7,11,13H,4,6,8-9H2,1-3H3. The van der Waals surface area contributed by atoms with E-state index in [1.54, 1.807) is 0 Å². The van der Waals surface area contributed by atoms with Gasteiger partial charge in [0.05, 0.1) is 0 Å². The van der Waals surface area contributed by atoms with Crippen LogP contribution in [0.15, 0.2) is 12.4 Å². The minimum atomic E-state index is 0.595. The summed E-state index contributed by atoms with van der Waals surface area (Å²) in [5.41, 5.74) is 0.595. The molecule has 1 N–H and O–H groups in total. The average Bonchev–Trinajstić information content (AvgIpc) is 2.56. The predicted molar refractivity (Wildman–Crippen MR) is 61.7 cm³/mol. The van der Waals surface area contributed by atoms with Gasteiger partial charge in [-0.05, 0) is 31.2 Å². The zero-order valence-corrected chi connectivity index (χ0v) is 9.95. The van der Waals surface area contributed by atoms with E-state index in [0.29, 0.717) is 5.41 Å². The van der Waals surface area contributed by atoms with Gasteiger partial charge in [-0.1, -0.05) is 13.8 Å². The third kappa shape index (κ3) is 2.59. The third-order valence-electron chi connectivity index (χ3n) is 3.56. The second kappa shape index (κ2) is 3.97. The maximum atomic E-state index is 4.20. The second-order valence-corrected chi connectivity index (χ2v) is 5.26. The third-order valence-corrected chi connectivity index (χ3v) is 3.56. The summed E-state index contributed by atoms with van der Waals surface area (Å²) in [5.74, 6) is 1.99. The van der Waals surface area contributed by atoms with Crippen molar-refractivity contribution in [3.05, 3.63) is 18.2 Å². The first-order valence-electron chi connectivity index (χ1n) is 5.78. The minimum absolute atomic E-state index is 0.595. The van der Waals surface area contributed by atoms with Gasteiger partial charge in [0.2, 0.25) is 0 Å². The Morgan fingerprint density at radius 3 is 2.87 bits per heavy atom. The lowest BCUT2D eigenvalue weighted by molar-refractivity contribution is 0.504. The van der Waals surface area contributed by atoms with Gasteiger partial charge in [-0.2, -0.15) is 0 Å². The van der Waals surface area contributed by atoms with Gasteiger partial charge in [-0.15, -0.1) is 0 Å². The molecule has 0 aromatic carbocycles. The molecule has 1 aromatic rings. The van der Waals surface area contributed by atoms with Crippen molar-refractivity contribution >= 4 is 0 Å². The molecular formula is C12H21N3. The molecule has 1 heterocycles. The van der Waals surface area contributed by atoms with Crippen LogP contribution in [-0.2, 0) is 6.54 Å². The number of hydrogen-bond acceptors (Lipinski definition) is 2. The molecule has 0 amide bonds. The van der Waals surface area contributed by atoms with E-state index in [0.717, 1.165) is 24.8 Å². The molecule has 1 saturated carbocycles. The predicted octanol–water partition coefficient (Wildman–Crippen LogP) is 1.83. The maximum Gasteiger partial charge on any atom is 0.105 e. The number of nitrogens with zero attached hydrogens (tertiary/aromatic N) is 2. The molecule has 1 aliphatic rings. The molecule has 0 bridgehead atoms. The van der Waals surface area contributed by atoms with Crippen LogP contribution in [0.5, 0.6) is 0 Å². The summed E-state index contributed by atoms with van der Waals surface area (Å²) in [7, 11) is 0. The Labute approximate surface area is 91.9 Å². The summed E-state index contributed by atoms with van der Waals surface area (Å²) in [6, 6.07) is 0. The number of rotatable bonds is 5. The van der Waals surface area contributed by atoms with Gasteiger partial charge in [0.25, 0.3) is 0 Å². The summed E-state index contributed by atoms with van der Waals surface area (Å²) in [4.78, 5) is 4.20. The monoisotopic (exact) mass is 207 g/mol. The molecule has 0 aliphatic heterocycles. The van der Waals surface area contributed by atoms with Gasteiger partial charge < -0.3 is 9.88 Å². The lowest BCUT2D eigenvalue weighted by atomic mass is 10.1. The van der Waals surface area contributed by atoms with Gasteiger partial charge in [0.1, 0.15) is 5.82 Å². The van der Waals surface area contributed by atoms with Crippen LogP contribution in [0.2, 0.25) is 0 Å². The molecule has 1 unspecified atom stereocenters. The first kappa shape index (κ1) is 10.7. The van der Waals surface area contributed by atoms with Crippen molar-refractivity contribution in [2.75, 3.05) is 13.1 Å². The highest BCUT2D eigenvalue weighted by atomic mass is 15.1. The van der Waals surface area contributed by atoms with Crippen molar-refractivity contribution in [1.29, 1.82) is 0 Å². The Morgan fingerprint density at radius 1 is 1.60 bits per heavy atom. The van der Waals surface area contributed by atoms with Crippen molar-refractivity contribution in [2.24, 2.45) is 11.3 Å². The molecule has 1 atom stereocenters. The molecule has 0 spiro atoms. The highest BCUT2D eigenvalue weighted by Gasteiger charge is 2.44. The van der Waals surface area contributed by atoms with Gasteiger partial charge >= 0.3 is 0 Å². The number of imidazole rings is 1. The van der Waals surface area contributed by atoms with Gasteiger partial charge in [0, 0.05) is 25.5 Å². The highest BCUT2D eigenvalue weighted by Crippen LogP contribution is 2.50. The van der Waals surface area contributed by atoms with E-state index in [9.17, 15) is 0 Å². The van der Waals surface area contributed by atoms with E-state index in [-0.39, 0.29) is 0 Å². The number of aryl methyl sites for hydroxylation is 1. The Morgan fingerprint density at radius 2 is 2.33 bits per heavy atom. The Hall–Kier alpha value is -0.830. The molecule has 3 heteroatoms. The maximum absolute atomic E-state index is 4.20. The molecule has 0 radical (unpaired) electrons. The summed E-state index contributed by atoms with van der Waals surface area (Å²) in [6.45, 7) is 9.98. The topological polar surface area (TPSA) is 29.9 Å². The van der Waals surface area contributed by atoms with E-state index in [2.05, 4.69) is 28.7 Å². The largest absolute Gasteiger partial charge is 0.334 e. The van der Waals surface area contributed by atoms with Crippen LogP contribution < -0.4 is 5.32 Å². The van der Waals surface area contributed by atoms with Gasteiger partial charge in [-0.3, -0.25) is 0 Å². The van der Waals surface area contributed by atoms with Crippen LogP contribution in [0.3, 0.4) is 0 Å². The lowest BCUT2D eigenvalue weighted by Crippen LogP contribution is -2.23. The summed E-state index contributed by atoms with van der Waals surface area (Å²) in [6.07, 6.45) is 5.28. The van der Waals surface area contributed by atoms with E-state index in [1.165, 1.54) is 13.0 Å². The van der Waals surface area contributed by atoms with Crippen LogP contribution in [0.4, 0.5) is 0 Å². The van der Waals surface area contributed by atoms with E-state index in [4.69, 9.17) is 0 Å². The molecular weight excluding hydrogens is 186 g/mol. The molecule has 84 valence electrons. The van der Waals surface area contributed by atoms with Crippen LogP contribution in [0, 0.1) is 18.3 Å². The van der Waals surface area contributed by atoms with Gasteiger partial charge in [-0.25, -0.2) is 4.98 Å². The molecule has 1 fully saturated rings. The molecule has 1 aliphatic carbocycles. The first-order valence-corrected chi connectivity index (χ1v) is 5.78. The number of nitrogens with one attached hydrogen (secondary N) is 1. The molecule has 2 rings (SSSR count). The van der Waals surface area contributed by atoms with Crippen LogP contribution in [-0.4, -0.2) is 22.6 Å². The van der Waals surface area contributed by atoms with Crippen LogP contribution in [0.1, 0.15) is 26.1 Å². The molecule has 1 aromatic heterocycles. The van der Waals surface area contributed by atoms with Crippen molar-refractivity contribution in [3.8, 4) is 0 Å². The second-order valence-electron chi connectivity index (χ2n) is 5.26. The van der Waals surface area contributed by atoms with Crippen molar-refractivity contribution in [2.45, 2.75) is 33.7 Å². The Kier molecular flexibility index (Phi) is 2.83. The smallest absolute Gasteiger partial charge is 0.105 e. The van der Waals surface area contributed by atoms with Crippen molar-refractivity contribution in [3.63, 3.8) is 0 Å².